The second-order valence-electron chi connectivity index (χ2n) is 8.84. The zero-order valence-corrected chi connectivity index (χ0v) is 18.3. The van der Waals surface area contributed by atoms with E-state index in [1.54, 1.807) is 0 Å². The fraction of sp³-hybridized carbons (Fsp3) is 0.500. The quantitative estimate of drug-likeness (QED) is 0.703. The Morgan fingerprint density at radius 2 is 1.80 bits per heavy atom. The third kappa shape index (κ3) is 5.23. The van der Waals surface area contributed by atoms with E-state index in [4.69, 9.17) is 0 Å². The van der Waals surface area contributed by atoms with E-state index in [2.05, 4.69) is 70.6 Å². The summed E-state index contributed by atoms with van der Waals surface area (Å²) in [6.07, 6.45) is 5.36. The maximum absolute atomic E-state index is 12.6. The zero-order chi connectivity index (χ0) is 20.8. The fourth-order valence-corrected chi connectivity index (χ4v) is 4.85. The average Bonchev–Trinajstić information content (AvgIpc) is 2.79. The number of hydrogen-bond acceptors (Lipinski definition) is 3. The van der Waals surface area contributed by atoms with Crippen molar-refractivity contribution in [2.75, 3.05) is 37.6 Å². The van der Waals surface area contributed by atoms with Crippen LogP contribution in [0.3, 0.4) is 0 Å². The second-order valence-corrected chi connectivity index (χ2v) is 8.84. The Balaban J connectivity index is 1.16. The van der Waals surface area contributed by atoms with Gasteiger partial charge in [-0.15, -0.1) is 0 Å². The number of carbonyl (C=O) groups excluding carboxylic acids is 1. The summed E-state index contributed by atoms with van der Waals surface area (Å²) in [6, 6.07) is 17.4. The highest BCUT2D eigenvalue weighted by atomic mass is 16.1. The van der Waals surface area contributed by atoms with Gasteiger partial charge in [0.05, 0.1) is 0 Å². The minimum absolute atomic E-state index is 0.175. The van der Waals surface area contributed by atoms with Crippen LogP contribution in [-0.2, 0) is 17.8 Å². The smallest absolute Gasteiger partial charge is 0.223 e. The van der Waals surface area contributed by atoms with Crippen LogP contribution in [0.1, 0.15) is 42.4 Å². The van der Waals surface area contributed by atoms with Gasteiger partial charge in [0.2, 0.25) is 5.91 Å². The molecule has 30 heavy (non-hydrogen) atoms. The van der Waals surface area contributed by atoms with Crippen molar-refractivity contribution in [3.05, 3.63) is 65.2 Å². The van der Waals surface area contributed by atoms with Gasteiger partial charge in [0, 0.05) is 37.8 Å². The fourth-order valence-electron chi connectivity index (χ4n) is 4.85. The Hall–Kier alpha value is -2.33. The van der Waals surface area contributed by atoms with E-state index in [0.717, 1.165) is 58.5 Å². The molecule has 0 saturated carbocycles. The first-order valence-electron chi connectivity index (χ1n) is 11.6. The van der Waals surface area contributed by atoms with E-state index in [9.17, 15) is 4.79 Å². The molecule has 0 bridgehead atoms. The summed E-state index contributed by atoms with van der Waals surface area (Å²) in [6.45, 7) is 8.13. The molecule has 4 rings (SSSR count). The summed E-state index contributed by atoms with van der Waals surface area (Å²) in [5.74, 6) is 0.429. The summed E-state index contributed by atoms with van der Waals surface area (Å²) >= 11 is 0. The van der Waals surface area contributed by atoms with Gasteiger partial charge in [-0.25, -0.2) is 0 Å². The Labute approximate surface area is 181 Å². The van der Waals surface area contributed by atoms with E-state index in [0.29, 0.717) is 0 Å². The molecule has 1 amide bonds. The molecule has 2 aliphatic heterocycles. The standard InChI is InChI=1S/C26H35N3O/c1-21-8-2-3-10-24(21)20-28-18-13-23(14-19-28)26(30)27-15-7-17-29-16-6-11-22-9-4-5-12-25(22)29/h2-5,8-10,12,23H,6-7,11,13-20H2,1H3,(H,27,30). The summed E-state index contributed by atoms with van der Waals surface area (Å²) in [5, 5.41) is 3.21. The number of benzene rings is 2. The molecule has 1 N–H and O–H groups in total. The van der Waals surface area contributed by atoms with Crippen molar-refractivity contribution in [3.63, 3.8) is 0 Å². The Bertz CT molecular complexity index is 842. The molecule has 2 aliphatic rings. The second kappa shape index (κ2) is 10.1. The van der Waals surface area contributed by atoms with Gasteiger partial charge in [0.25, 0.3) is 0 Å². The third-order valence-corrected chi connectivity index (χ3v) is 6.72. The van der Waals surface area contributed by atoms with Crippen LogP contribution in [0.25, 0.3) is 0 Å². The lowest BCUT2D eigenvalue weighted by Gasteiger charge is -2.32. The maximum Gasteiger partial charge on any atom is 0.223 e. The van der Waals surface area contributed by atoms with Gasteiger partial charge in [-0.05, 0) is 74.9 Å². The molecular formula is C26H35N3O. The number of fused-ring (bicyclic) bond motifs is 1. The Kier molecular flexibility index (Phi) is 7.06. The summed E-state index contributed by atoms with van der Waals surface area (Å²) < 4.78 is 0. The van der Waals surface area contributed by atoms with E-state index >= 15 is 0 Å². The number of hydrogen-bond donors (Lipinski definition) is 1. The molecule has 0 unspecified atom stereocenters. The molecule has 0 aliphatic carbocycles. The molecule has 4 heteroatoms. The van der Waals surface area contributed by atoms with Gasteiger partial charge in [-0.2, -0.15) is 0 Å². The van der Waals surface area contributed by atoms with Crippen molar-refractivity contribution in [1.82, 2.24) is 10.2 Å². The third-order valence-electron chi connectivity index (χ3n) is 6.72. The van der Waals surface area contributed by atoms with E-state index in [1.165, 1.54) is 35.2 Å². The van der Waals surface area contributed by atoms with Crippen LogP contribution in [-0.4, -0.2) is 43.5 Å². The first kappa shape index (κ1) is 20.9. The molecule has 4 nitrogen and oxygen atoms in total. The number of anilines is 1. The number of rotatable bonds is 7. The number of carbonyl (C=O) groups is 1. The van der Waals surface area contributed by atoms with Crippen LogP contribution < -0.4 is 10.2 Å². The number of aryl methyl sites for hydroxylation is 2. The minimum Gasteiger partial charge on any atom is -0.371 e. The monoisotopic (exact) mass is 405 g/mol. The van der Waals surface area contributed by atoms with Crippen molar-refractivity contribution >= 4 is 11.6 Å². The maximum atomic E-state index is 12.6. The van der Waals surface area contributed by atoms with Crippen molar-refractivity contribution in [1.29, 1.82) is 0 Å². The SMILES string of the molecule is Cc1ccccc1CN1CCC(C(=O)NCCCN2CCCc3ccccc32)CC1. The van der Waals surface area contributed by atoms with Crippen molar-refractivity contribution in [2.24, 2.45) is 5.92 Å². The normalized spacial score (nSPS) is 17.6. The average molecular weight is 406 g/mol. The first-order chi connectivity index (χ1) is 14.7. The highest BCUT2D eigenvalue weighted by molar-refractivity contribution is 5.78. The van der Waals surface area contributed by atoms with Crippen molar-refractivity contribution in [2.45, 2.75) is 45.6 Å². The Morgan fingerprint density at radius 3 is 2.63 bits per heavy atom. The largest absolute Gasteiger partial charge is 0.371 e. The van der Waals surface area contributed by atoms with Gasteiger partial charge in [-0.1, -0.05) is 42.5 Å². The molecular weight excluding hydrogens is 370 g/mol. The van der Waals surface area contributed by atoms with Crippen molar-refractivity contribution < 1.29 is 4.79 Å². The molecule has 0 aromatic heterocycles. The van der Waals surface area contributed by atoms with Crippen LogP contribution in [0, 0.1) is 12.8 Å². The van der Waals surface area contributed by atoms with Gasteiger partial charge in [0.15, 0.2) is 0 Å². The minimum atomic E-state index is 0.175. The van der Waals surface area contributed by atoms with Crippen LogP contribution >= 0.6 is 0 Å². The number of para-hydroxylation sites is 1. The van der Waals surface area contributed by atoms with Crippen LogP contribution in [0.4, 0.5) is 5.69 Å². The number of piperidine rings is 1. The molecule has 0 atom stereocenters. The van der Waals surface area contributed by atoms with Gasteiger partial charge < -0.3 is 10.2 Å². The molecule has 0 radical (unpaired) electrons. The van der Waals surface area contributed by atoms with Crippen molar-refractivity contribution in [3.8, 4) is 0 Å². The number of likely N-dealkylation sites (tertiary alicyclic amines) is 1. The molecule has 0 spiro atoms. The summed E-state index contributed by atoms with van der Waals surface area (Å²) in [7, 11) is 0. The molecule has 2 heterocycles. The van der Waals surface area contributed by atoms with Crippen LogP contribution in [0.5, 0.6) is 0 Å². The highest BCUT2D eigenvalue weighted by Gasteiger charge is 2.25. The summed E-state index contributed by atoms with van der Waals surface area (Å²) in [5.41, 5.74) is 5.61. The lowest BCUT2D eigenvalue weighted by molar-refractivity contribution is -0.126. The number of nitrogens with zero attached hydrogens (tertiary/aromatic N) is 2. The van der Waals surface area contributed by atoms with E-state index in [-0.39, 0.29) is 11.8 Å². The van der Waals surface area contributed by atoms with Gasteiger partial charge in [0.1, 0.15) is 0 Å². The molecule has 1 saturated heterocycles. The molecule has 160 valence electrons. The molecule has 2 aromatic carbocycles. The lowest BCUT2D eigenvalue weighted by atomic mass is 9.95. The lowest BCUT2D eigenvalue weighted by Crippen LogP contribution is -2.41. The topological polar surface area (TPSA) is 35.6 Å². The number of nitrogens with one attached hydrogen (secondary N) is 1. The van der Waals surface area contributed by atoms with Crippen LogP contribution in [0.2, 0.25) is 0 Å². The predicted molar refractivity (Wildman–Crippen MR) is 124 cm³/mol. The predicted octanol–water partition coefficient (Wildman–Crippen LogP) is 4.17. The molecule has 2 aromatic rings. The van der Waals surface area contributed by atoms with Gasteiger partial charge in [-0.3, -0.25) is 9.69 Å². The zero-order valence-electron chi connectivity index (χ0n) is 18.3. The first-order valence-corrected chi connectivity index (χ1v) is 11.6. The highest BCUT2D eigenvalue weighted by Crippen LogP contribution is 2.26. The molecule has 1 fully saturated rings. The van der Waals surface area contributed by atoms with E-state index in [1.807, 2.05) is 0 Å². The number of amides is 1. The summed E-state index contributed by atoms with van der Waals surface area (Å²) in [4.78, 5) is 17.6. The Morgan fingerprint density at radius 1 is 1.03 bits per heavy atom. The van der Waals surface area contributed by atoms with E-state index < -0.39 is 0 Å². The van der Waals surface area contributed by atoms with Crippen LogP contribution in [0.15, 0.2) is 48.5 Å². The van der Waals surface area contributed by atoms with Gasteiger partial charge >= 0.3 is 0 Å².